The molecule has 2 heterocycles. The fourth-order valence-corrected chi connectivity index (χ4v) is 2.68. The highest BCUT2D eigenvalue weighted by atomic mass is 35.5. The number of piperazine rings is 1. The van der Waals surface area contributed by atoms with Crippen molar-refractivity contribution in [3.63, 3.8) is 0 Å². The van der Waals surface area contributed by atoms with E-state index in [9.17, 15) is 0 Å². The van der Waals surface area contributed by atoms with Crippen LogP contribution in [0.2, 0.25) is 5.15 Å². The summed E-state index contributed by atoms with van der Waals surface area (Å²) in [6, 6.07) is 2.19. The lowest BCUT2D eigenvalue weighted by Crippen LogP contribution is -2.45. The van der Waals surface area contributed by atoms with Crippen LogP contribution >= 0.6 is 11.6 Å². The molecule has 1 atom stereocenters. The predicted octanol–water partition coefficient (Wildman–Crippen LogP) is 1.93. The average molecular weight is 267 g/mol. The second-order valence-electron chi connectivity index (χ2n) is 5.51. The minimum absolute atomic E-state index is 0.264. The van der Waals surface area contributed by atoms with Gasteiger partial charge in [-0.05, 0) is 33.0 Å². The fraction of sp³-hybridized carbons (Fsp3) is 0.692. The quantitative estimate of drug-likeness (QED) is 0.766. The van der Waals surface area contributed by atoms with E-state index in [0.717, 1.165) is 31.2 Å². The van der Waals surface area contributed by atoms with E-state index in [2.05, 4.69) is 28.9 Å². The Morgan fingerprint density at radius 3 is 2.72 bits per heavy atom. The molecule has 0 bridgehead atoms. The van der Waals surface area contributed by atoms with Crippen LogP contribution in [-0.2, 0) is 0 Å². The van der Waals surface area contributed by atoms with Gasteiger partial charge in [-0.3, -0.25) is 4.90 Å². The summed E-state index contributed by atoms with van der Waals surface area (Å²) in [5.74, 6) is 1.51. The molecule has 1 aliphatic carbocycles. The van der Waals surface area contributed by atoms with Crippen LogP contribution in [0.1, 0.15) is 36.3 Å². The van der Waals surface area contributed by atoms with Crippen molar-refractivity contribution in [2.75, 3.05) is 33.7 Å². The Bertz CT molecular complexity index is 447. The smallest absolute Gasteiger partial charge is 0.148 e. The Hall–Kier alpha value is -0.710. The van der Waals surface area contributed by atoms with E-state index in [-0.39, 0.29) is 6.04 Å². The molecule has 0 amide bonds. The highest BCUT2D eigenvalue weighted by Crippen LogP contribution is 2.40. The van der Waals surface area contributed by atoms with Crippen LogP contribution in [0.25, 0.3) is 0 Å². The molecule has 0 N–H and O–H groups in total. The van der Waals surface area contributed by atoms with E-state index in [1.54, 1.807) is 0 Å². The molecule has 0 radical (unpaired) electrons. The van der Waals surface area contributed by atoms with Crippen molar-refractivity contribution in [1.29, 1.82) is 0 Å². The number of nitrogens with zero attached hydrogens (tertiary/aromatic N) is 4. The van der Waals surface area contributed by atoms with Crippen molar-refractivity contribution in [3.05, 3.63) is 22.7 Å². The minimum atomic E-state index is 0.264. The van der Waals surface area contributed by atoms with Gasteiger partial charge in [0.05, 0.1) is 6.04 Å². The van der Waals surface area contributed by atoms with Gasteiger partial charge in [0.15, 0.2) is 0 Å². The van der Waals surface area contributed by atoms with E-state index in [1.165, 1.54) is 12.8 Å². The van der Waals surface area contributed by atoms with E-state index in [0.29, 0.717) is 11.1 Å². The Labute approximate surface area is 113 Å². The van der Waals surface area contributed by atoms with Crippen LogP contribution < -0.4 is 0 Å². The SMILES string of the molecule is CN1CCN(C)C(c2nc(Cl)cc(C3CC3)n2)C1. The summed E-state index contributed by atoms with van der Waals surface area (Å²) in [6.07, 6.45) is 2.49. The first kappa shape index (κ1) is 12.3. The molecular weight excluding hydrogens is 248 g/mol. The average Bonchev–Trinajstić information content (AvgIpc) is 3.15. The third-order valence-electron chi connectivity index (χ3n) is 3.88. The standard InChI is InChI=1S/C13H19ClN4/c1-17-5-6-18(2)11(8-17)13-15-10(9-3-4-9)7-12(14)16-13/h7,9,11H,3-6,8H2,1-2H3. The summed E-state index contributed by atoms with van der Waals surface area (Å²) in [4.78, 5) is 13.8. The van der Waals surface area contributed by atoms with Crippen LogP contribution in [0.3, 0.4) is 0 Å². The molecule has 1 aliphatic heterocycles. The molecular formula is C13H19ClN4. The summed E-state index contributed by atoms with van der Waals surface area (Å²) in [6.45, 7) is 3.12. The van der Waals surface area contributed by atoms with Crippen molar-refractivity contribution in [2.45, 2.75) is 24.8 Å². The number of halogens is 1. The van der Waals surface area contributed by atoms with Crippen LogP contribution in [0, 0.1) is 0 Å². The van der Waals surface area contributed by atoms with E-state index in [4.69, 9.17) is 16.6 Å². The Balaban J connectivity index is 1.89. The zero-order valence-corrected chi connectivity index (χ0v) is 11.7. The molecule has 1 saturated carbocycles. The maximum absolute atomic E-state index is 6.14. The highest BCUT2D eigenvalue weighted by molar-refractivity contribution is 6.29. The molecule has 1 saturated heterocycles. The van der Waals surface area contributed by atoms with E-state index in [1.807, 2.05) is 6.07 Å². The lowest BCUT2D eigenvalue weighted by atomic mass is 10.1. The lowest BCUT2D eigenvalue weighted by molar-refractivity contribution is 0.109. The maximum Gasteiger partial charge on any atom is 0.148 e. The lowest BCUT2D eigenvalue weighted by Gasteiger charge is -2.36. The largest absolute Gasteiger partial charge is 0.303 e. The van der Waals surface area contributed by atoms with E-state index < -0.39 is 0 Å². The molecule has 5 heteroatoms. The molecule has 2 aliphatic rings. The number of hydrogen-bond donors (Lipinski definition) is 0. The molecule has 4 nitrogen and oxygen atoms in total. The molecule has 1 unspecified atom stereocenters. The van der Waals surface area contributed by atoms with Crippen molar-refractivity contribution in [3.8, 4) is 0 Å². The maximum atomic E-state index is 6.14. The number of rotatable bonds is 2. The first-order chi connectivity index (χ1) is 8.63. The summed E-state index contributed by atoms with van der Waals surface area (Å²) in [5.41, 5.74) is 1.13. The fourth-order valence-electron chi connectivity index (χ4n) is 2.48. The van der Waals surface area contributed by atoms with Gasteiger partial charge in [0, 0.05) is 31.2 Å². The van der Waals surface area contributed by atoms with Crippen molar-refractivity contribution < 1.29 is 0 Å². The van der Waals surface area contributed by atoms with Crippen molar-refractivity contribution in [2.24, 2.45) is 0 Å². The first-order valence-electron chi connectivity index (χ1n) is 6.56. The number of hydrogen-bond acceptors (Lipinski definition) is 4. The monoisotopic (exact) mass is 266 g/mol. The summed E-state index contributed by atoms with van der Waals surface area (Å²) >= 11 is 6.14. The zero-order chi connectivity index (χ0) is 12.7. The minimum Gasteiger partial charge on any atom is -0.303 e. The van der Waals surface area contributed by atoms with Crippen LogP contribution in [0.5, 0.6) is 0 Å². The van der Waals surface area contributed by atoms with Crippen molar-refractivity contribution in [1.82, 2.24) is 19.8 Å². The van der Waals surface area contributed by atoms with Gasteiger partial charge in [-0.2, -0.15) is 0 Å². The first-order valence-corrected chi connectivity index (χ1v) is 6.94. The van der Waals surface area contributed by atoms with Gasteiger partial charge in [-0.25, -0.2) is 9.97 Å². The Kier molecular flexibility index (Phi) is 3.26. The number of aromatic nitrogens is 2. The Morgan fingerprint density at radius 2 is 2.00 bits per heavy atom. The van der Waals surface area contributed by atoms with Gasteiger partial charge in [0.2, 0.25) is 0 Å². The van der Waals surface area contributed by atoms with Gasteiger partial charge in [-0.1, -0.05) is 11.6 Å². The number of likely N-dealkylation sites (N-methyl/N-ethyl adjacent to an activating group) is 2. The molecule has 3 rings (SSSR count). The molecule has 18 heavy (non-hydrogen) atoms. The zero-order valence-electron chi connectivity index (χ0n) is 10.9. The molecule has 0 aromatic carbocycles. The second kappa shape index (κ2) is 4.76. The molecule has 1 aromatic heterocycles. The van der Waals surface area contributed by atoms with Gasteiger partial charge >= 0.3 is 0 Å². The molecule has 0 spiro atoms. The summed E-state index contributed by atoms with van der Waals surface area (Å²) in [7, 11) is 4.28. The van der Waals surface area contributed by atoms with Gasteiger partial charge < -0.3 is 4.90 Å². The van der Waals surface area contributed by atoms with Crippen molar-refractivity contribution >= 4 is 11.6 Å². The normalized spacial score (nSPS) is 26.5. The van der Waals surface area contributed by atoms with Gasteiger partial charge in [0.25, 0.3) is 0 Å². The van der Waals surface area contributed by atoms with E-state index >= 15 is 0 Å². The molecule has 98 valence electrons. The van der Waals surface area contributed by atoms with Gasteiger partial charge in [0.1, 0.15) is 11.0 Å². The molecule has 1 aromatic rings. The third kappa shape index (κ3) is 2.51. The predicted molar refractivity (Wildman–Crippen MR) is 71.9 cm³/mol. The second-order valence-corrected chi connectivity index (χ2v) is 5.89. The van der Waals surface area contributed by atoms with Crippen LogP contribution in [-0.4, -0.2) is 53.5 Å². The van der Waals surface area contributed by atoms with Crippen LogP contribution in [0.15, 0.2) is 6.07 Å². The Morgan fingerprint density at radius 1 is 1.22 bits per heavy atom. The third-order valence-corrected chi connectivity index (χ3v) is 4.07. The highest BCUT2D eigenvalue weighted by Gasteiger charge is 2.30. The molecule has 2 fully saturated rings. The van der Waals surface area contributed by atoms with Gasteiger partial charge in [-0.15, -0.1) is 0 Å². The topological polar surface area (TPSA) is 32.3 Å². The summed E-state index contributed by atoms with van der Waals surface area (Å²) < 4.78 is 0. The van der Waals surface area contributed by atoms with Crippen LogP contribution in [0.4, 0.5) is 0 Å². The summed E-state index contributed by atoms with van der Waals surface area (Å²) in [5, 5.41) is 0.587.